The molecular weight excluding hydrogens is 608 g/mol. The van der Waals surface area contributed by atoms with Gasteiger partial charge in [-0.1, -0.05) is 11.6 Å². The first-order chi connectivity index (χ1) is 18.7. The number of piperazine rings is 1. The largest absolute Gasteiger partial charge is 0.444 e. The van der Waals surface area contributed by atoms with Gasteiger partial charge in [-0.05, 0) is 54.9 Å². The van der Waals surface area contributed by atoms with Gasteiger partial charge in [0.1, 0.15) is 16.2 Å². The third kappa shape index (κ3) is 6.58. The molecule has 0 radical (unpaired) electrons. The van der Waals surface area contributed by atoms with Crippen LogP contribution in [0.1, 0.15) is 48.2 Å². The molecule has 12 nitrogen and oxygen atoms in total. The van der Waals surface area contributed by atoms with E-state index in [9.17, 15) is 24.3 Å². The molecule has 1 aromatic heterocycles. The Hall–Kier alpha value is -3.16. The number of imidazole rings is 1. The zero-order valence-electron chi connectivity index (χ0n) is 22.7. The molecule has 14 heteroatoms. The number of nitrogens with zero attached hydrogens (tertiary/aromatic N) is 5. The maximum absolute atomic E-state index is 13.3. The quantitative estimate of drug-likeness (QED) is 0.525. The van der Waals surface area contributed by atoms with Crippen molar-refractivity contribution in [1.82, 2.24) is 24.3 Å². The summed E-state index contributed by atoms with van der Waals surface area (Å²) in [4.78, 5) is 60.2. The summed E-state index contributed by atoms with van der Waals surface area (Å²) < 4.78 is 7.65. The lowest BCUT2D eigenvalue weighted by molar-refractivity contribution is -0.137. The van der Waals surface area contributed by atoms with Crippen molar-refractivity contribution in [1.29, 1.82) is 0 Å². The van der Waals surface area contributed by atoms with E-state index in [1.807, 2.05) is 0 Å². The van der Waals surface area contributed by atoms with Crippen LogP contribution in [0.15, 0.2) is 29.0 Å². The molecule has 4 rings (SSSR count). The third-order valence-corrected chi connectivity index (χ3v) is 7.71. The van der Waals surface area contributed by atoms with Crippen LogP contribution in [0.5, 0.6) is 0 Å². The van der Waals surface area contributed by atoms with Crippen LogP contribution in [-0.2, 0) is 16.6 Å². The van der Waals surface area contributed by atoms with Gasteiger partial charge in [0, 0.05) is 45.3 Å². The summed E-state index contributed by atoms with van der Waals surface area (Å²) in [6.45, 7) is 6.32. The van der Waals surface area contributed by atoms with E-state index in [0.717, 1.165) is 0 Å². The van der Waals surface area contributed by atoms with Gasteiger partial charge < -0.3 is 29.5 Å². The predicted molar refractivity (Wildman–Crippen MR) is 150 cm³/mol. The average molecular weight is 640 g/mol. The van der Waals surface area contributed by atoms with Crippen molar-refractivity contribution in [2.75, 3.05) is 38.0 Å². The summed E-state index contributed by atoms with van der Waals surface area (Å²) in [6.07, 6.45) is 0.196. The first-order valence-corrected chi connectivity index (χ1v) is 14.0. The van der Waals surface area contributed by atoms with Crippen molar-refractivity contribution < 1.29 is 29.0 Å². The maximum atomic E-state index is 13.3. The number of benzene rings is 1. The van der Waals surface area contributed by atoms with E-state index < -0.39 is 29.7 Å². The number of anilines is 1. The van der Waals surface area contributed by atoms with Crippen molar-refractivity contribution in [2.24, 2.45) is 7.05 Å². The Bertz CT molecular complexity index is 1320. The number of β-amino-alcohol motifs (C(OH)–C–C–N with tert-alkyl or cyclic N) is 1. The minimum Gasteiger partial charge on any atom is -0.444 e. The molecule has 2 fully saturated rings. The van der Waals surface area contributed by atoms with E-state index in [2.05, 4.69) is 26.2 Å². The van der Waals surface area contributed by atoms with E-state index in [1.165, 1.54) is 17.2 Å². The highest BCUT2D eigenvalue weighted by molar-refractivity contribution is 9.10. The fraction of sp³-hybridized carbons (Fsp3) is 0.500. The number of carbonyl (C=O) groups excluding carboxylic acids is 4. The first kappa shape index (κ1) is 29.8. The third-order valence-electron chi connectivity index (χ3n) is 6.66. The molecule has 0 spiro atoms. The van der Waals surface area contributed by atoms with Crippen molar-refractivity contribution in [3.8, 4) is 0 Å². The smallest absolute Gasteiger partial charge is 0.411 e. The number of amides is 4. The Morgan fingerprint density at radius 3 is 2.35 bits per heavy atom. The van der Waals surface area contributed by atoms with Crippen molar-refractivity contribution in [3.63, 3.8) is 0 Å². The molecule has 0 aliphatic carbocycles. The summed E-state index contributed by atoms with van der Waals surface area (Å²) in [5.74, 6) is -0.803. The van der Waals surface area contributed by atoms with Gasteiger partial charge in [0.15, 0.2) is 5.82 Å². The molecule has 0 saturated carbocycles. The van der Waals surface area contributed by atoms with Crippen molar-refractivity contribution in [2.45, 2.75) is 44.9 Å². The van der Waals surface area contributed by atoms with Crippen LogP contribution in [0.4, 0.5) is 10.5 Å². The number of aliphatic hydroxyl groups excluding tert-OH is 1. The summed E-state index contributed by atoms with van der Waals surface area (Å²) in [7, 11) is 1.70. The van der Waals surface area contributed by atoms with Gasteiger partial charge in [-0.3, -0.25) is 19.3 Å². The second kappa shape index (κ2) is 11.8. The number of hydrogen-bond donors (Lipinski definition) is 2. The molecule has 3 heterocycles. The molecule has 216 valence electrons. The molecule has 2 N–H and O–H groups in total. The molecule has 0 unspecified atom stereocenters. The number of aliphatic hydroxyl groups is 1. The topological polar surface area (TPSA) is 137 Å². The minimum absolute atomic E-state index is 0.0258. The van der Waals surface area contributed by atoms with Gasteiger partial charge in [0.2, 0.25) is 5.91 Å². The number of halogens is 2. The zero-order chi connectivity index (χ0) is 29.4. The van der Waals surface area contributed by atoms with Crippen LogP contribution in [0.3, 0.4) is 0 Å². The highest BCUT2D eigenvalue weighted by Crippen LogP contribution is 2.26. The summed E-state index contributed by atoms with van der Waals surface area (Å²) in [5, 5.41) is 13.1. The normalized spacial score (nSPS) is 19.5. The highest BCUT2D eigenvalue weighted by Gasteiger charge is 2.43. The summed E-state index contributed by atoms with van der Waals surface area (Å²) >= 11 is 9.71. The Morgan fingerprint density at radius 1 is 1.12 bits per heavy atom. The predicted octanol–water partition coefficient (Wildman–Crippen LogP) is 2.74. The van der Waals surface area contributed by atoms with Crippen LogP contribution in [0.25, 0.3) is 0 Å². The number of likely N-dealkylation sites (tertiary alicyclic amines) is 1. The lowest BCUT2D eigenvalue weighted by atomic mass is 10.1. The molecule has 2 aliphatic heterocycles. The molecule has 1 aromatic carbocycles. The molecule has 4 amide bonds. The van der Waals surface area contributed by atoms with Crippen molar-refractivity contribution >= 4 is 57.0 Å². The SMILES string of the molecule is Cn1c(Br)cnc1C(=O)Nc1ccc(C(=O)N2CCN(C(=O)[C@@H]3C[C@@H](O)CN3C(=O)OC(C)(C)C)CC2)c(Cl)c1. The van der Waals surface area contributed by atoms with Crippen LogP contribution in [0, 0.1) is 0 Å². The Kier molecular flexibility index (Phi) is 8.76. The molecule has 2 aliphatic rings. The molecule has 2 aromatic rings. The Labute approximate surface area is 245 Å². The van der Waals surface area contributed by atoms with Crippen LogP contribution in [0.2, 0.25) is 5.02 Å². The fourth-order valence-electron chi connectivity index (χ4n) is 4.63. The molecule has 2 saturated heterocycles. The summed E-state index contributed by atoms with van der Waals surface area (Å²) in [5.41, 5.74) is -0.0467. The van der Waals surface area contributed by atoms with Gasteiger partial charge >= 0.3 is 6.09 Å². The lowest BCUT2D eigenvalue weighted by Gasteiger charge is -2.37. The van der Waals surface area contributed by atoms with Gasteiger partial charge in [-0.2, -0.15) is 0 Å². The zero-order valence-corrected chi connectivity index (χ0v) is 25.0. The molecule has 2 atom stereocenters. The second-order valence-electron chi connectivity index (χ2n) is 10.8. The maximum Gasteiger partial charge on any atom is 0.411 e. The number of rotatable bonds is 4. The molecular formula is C26H32BrClN6O6. The minimum atomic E-state index is -0.823. The number of ether oxygens (including phenoxy) is 1. The Morgan fingerprint density at radius 2 is 1.77 bits per heavy atom. The van der Waals surface area contributed by atoms with Crippen LogP contribution in [-0.4, -0.2) is 104 Å². The monoisotopic (exact) mass is 638 g/mol. The molecule has 40 heavy (non-hydrogen) atoms. The molecule has 0 bridgehead atoms. The van der Waals surface area contributed by atoms with Gasteiger partial charge in [-0.15, -0.1) is 0 Å². The summed E-state index contributed by atoms with van der Waals surface area (Å²) in [6, 6.07) is 3.81. The average Bonchev–Trinajstić information content (AvgIpc) is 3.44. The first-order valence-electron chi connectivity index (χ1n) is 12.8. The van der Waals surface area contributed by atoms with E-state index in [1.54, 1.807) is 54.3 Å². The standard InChI is InChI=1S/C26H32BrClN6O6/c1-26(2,3)40-25(39)34-14-16(35)12-19(34)24(38)33-9-7-32(8-10-33)23(37)17-6-5-15(11-18(17)28)30-22(36)21-29-13-20(27)31(21)4/h5-6,11,13,16,19,35H,7-10,12,14H2,1-4H3,(H,30,36)/t16-,19+/m1/s1. The van der Waals surface area contributed by atoms with Crippen LogP contribution < -0.4 is 5.32 Å². The van der Waals surface area contributed by atoms with E-state index in [-0.39, 0.29) is 67.4 Å². The van der Waals surface area contributed by atoms with Crippen molar-refractivity contribution in [3.05, 3.63) is 45.4 Å². The second-order valence-corrected chi connectivity index (χ2v) is 12.0. The van der Waals surface area contributed by atoms with E-state index >= 15 is 0 Å². The van der Waals surface area contributed by atoms with E-state index in [4.69, 9.17) is 16.3 Å². The number of hydrogen-bond acceptors (Lipinski definition) is 7. The Balaban J connectivity index is 1.35. The van der Waals surface area contributed by atoms with Gasteiger partial charge in [0.05, 0.1) is 29.4 Å². The van der Waals surface area contributed by atoms with Gasteiger partial charge in [0.25, 0.3) is 11.8 Å². The lowest BCUT2D eigenvalue weighted by Crippen LogP contribution is -2.55. The highest BCUT2D eigenvalue weighted by atomic mass is 79.9. The van der Waals surface area contributed by atoms with E-state index in [0.29, 0.717) is 10.3 Å². The fourth-order valence-corrected chi connectivity index (χ4v) is 5.17. The number of nitrogens with one attached hydrogen (secondary N) is 1. The number of aromatic nitrogens is 2. The van der Waals surface area contributed by atoms with Gasteiger partial charge in [-0.25, -0.2) is 9.78 Å². The van der Waals surface area contributed by atoms with Crippen LogP contribution >= 0.6 is 27.5 Å². The number of carbonyl (C=O) groups is 4.